The standard InChI is InChI=1S/C27H37N2.C13H9N2.Cu/c1-18(2)22-11-9-12-23(19(3)4)26(22)28-15-16-29(17-28)27-24(20(5)6)13-10-14-25(27)21(7)8;1-2-6-11-10(5-1)9-13(15-11)12-7-3-4-8-14-12;/h9-21H,1-8H3;1-9H;/q2*-1;+2. The molecule has 0 atom stereocenters. The first-order valence-corrected chi connectivity index (χ1v) is 15.9. The maximum Gasteiger partial charge on any atom is 2.00 e. The molecule has 0 saturated heterocycles. The molecule has 6 rings (SSSR count). The fourth-order valence-corrected chi connectivity index (χ4v) is 5.91. The Balaban J connectivity index is 0.000000240. The van der Waals surface area contributed by atoms with Gasteiger partial charge < -0.3 is 14.8 Å². The summed E-state index contributed by atoms with van der Waals surface area (Å²) in [5.41, 5.74) is 11.2. The van der Waals surface area contributed by atoms with Crippen molar-refractivity contribution in [2.45, 2.75) is 79.1 Å². The van der Waals surface area contributed by atoms with E-state index in [1.165, 1.54) is 33.6 Å². The molecule has 5 heteroatoms. The van der Waals surface area contributed by atoms with Gasteiger partial charge >= 0.3 is 17.1 Å². The zero-order valence-corrected chi connectivity index (χ0v) is 28.7. The van der Waals surface area contributed by atoms with E-state index in [1.807, 2.05) is 36.4 Å². The van der Waals surface area contributed by atoms with Gasteiger partial charge in [-0.25, -0.2) is 0 Å². The molecule has 0 N–H and O–H groups in total. The summed E-state index contributed by atoms with van der Waals surface area (Å²) < 4.78 is 0. The van der Waals surface area contributed by atoms with Crippen molar-refractivity contribution in [2.24, 2.45) is 0 Å². The van der Waals surface area contributed by atoms with Crippen molar-refractivity contribution in [3.63, 3.8) is 0 Å². The summed E-state index contributed by atoms with van der Waals surface area (Å²) in [6.07, 6.45) is 6.22. The third-order valence-electron chi connectivity index (χ3n) is 8.24. The first kappa shape index (κ1) is 34.1. The predicted octanol–water partition coefficient (Wildman–Crippen LogP) is 11.0. The molecule has 0 fully saturated rings. The molecular weight excluding hydrogens is 600 g/mol. The quantitative estimate of drug-likeness (QED) is 0.130. The number of aromatic nitrogens is 2. The summed E-state index contributed by atoms with van der Waals surface area (Å²) in [5, 5.41) is 1.16. The van der Waals surface area contributed by atoms with Crippen molar-refractivity contribution in [1.29, 1.82) is 0 Å². The third kappa shape index (κ3) is 7.54. The van der Waals surface area contributed by atoms with Crippen molar-refractivity contribution < 1.29 is 17.1 Å². The predicted molar refractivity (Wildman–Crippen MR) is 188 cm³/mol. The number of pyridine rings is 1. The fourth-order valence-electron chi connectivity index (χ4n) is 5.91. The van der Waals surface area contributed by atoms with Crippen molar-refractivity contribution in [1.82, 2.24) is 9.97 Å². The number of anilines is 2. The molecule has 3 heterocycles. The number of nitrogens with zero attached hydrogens (tertiary/aromatic N) is 4. The van der Waals surface area contributed by atoms with Crippen LogP contribution in [0.1, 0.15) is 101 Å². The van der Waals surface area contributed by atoms with E-state index in [9.17, 15) is 0 Å². The van der Waals surface area contributed by atoms with E-state index in [-0.39, 0.29) is 17.1 Å². The molecule has 1 aliphatic heterocycles. The molecule has 0 amide bonds. The van der Waals surface area contributed by atoms with E-state index in [2.05, 4.69) is 143 Å². The van der Waals surface area contributed by atoms with Crippen molar-refractivity contribution in [3.05, 3.63) is 132 Å². The Kier molecular flexibility index (Phi) is 11.4. The number of rotatable bonds is 7. The van der Waals surface area contributed by atoms with Crippen LogP contribution in [-0.4, -0.2) is 4.98 Å². The van der Waals surface area contributed by atoms with Crippen LogP contribution in [0.3, 0.4) is 0 Å². The summed E-state index contributed by atoms with van der Waals surface area (Å²) in [6, 6.07) is 29.5. The first-order chi connectivity index (χ1) is 21.2. The van der Waals surface area contributed by atoms with E-state index in [1.54, 1.807) is 6.20 Å². The SMILES string of the molecule is CC(C)c1cccc(C(C)C)c1N1C=CN(c2c(C(C)C)cccc2C(C)C)[CH-]1.[Cu+2].c1ccc(-c2cc3ccccc3[n-]2)nc1. The van der Waals surface area contributed by atoms with Crippen LogP contribution >= 0.6 is 0 Å². The zero-order chi connectivity index (χ0) is 31.4. The number of hydrogen-bond donors (Lipinski definition) is 0. The Labute approximate surface area is 281 Å². The second-order valence-electron chi connectivity index (χ2n) is 12.8. The summed E-state index contributed by atoms with van der Waals surface area (Å²) in [6.45, 7) is 20.5. The van der Waals surface area contributed by atoms with Crippen LogP contribution in [0.4, 0.5) is 11.4 Å². The van der Waals surface area contributed by atoms with Gasteiger partial charge in [0, 0.05) is 23.3 Å². The Bertz CT molecular complexity index is 1560. The molecule has 4 nitrogen and oxygen atoms in total. The number of fused-ring (bicyclic) bond motifs is 1. The molecule has 5 aromatic rings. The van der Waals surface area contributed by atoms with E-state index in [0.29, 0.717) is 23.7 Å². The van der Waals surface area contributed by atoms with Gasteiger partial charge in [-0.15, -0.1) is 17.9 Å². The number of benzene rings is 3. The average molecular weight is 646 g/mol. The van der Waals surface area contributed by atoms with Gasteiger partial charge in [-0.3, -0.25) is 4.98 Å². The fraction of sp³-hybridized carbons (Fsp3) is 0.300. The van der Waals surface area contributed by atoms with Gasteiger partial charge in [-0.05, 0) is 75.8 Å². The summed E-state index contributed by atoms with van der Waals surface area (Å²) in [5.74, 6) is 1.92. The Morgan fingerprint density at radius 1 is 0.578 bits per heavy atom. The molecule has 0 saturated carbocycles. The van der Waals surface area contributed by atoms with Gasteiger partial charge in [0.2, 0.25) is 0 Å². The third-order valence-corrected chi connectivity index (χ3v) is 8.24. The molecule has 0 bridgehead atoms. The van der Waals surface area contributed by atoms with Crippen molar-refractivity contribution >= 4 is 22.3 Å². The molecule has 0 spiro atoms. The monoisotopic (exact) mass is 645 g/mol. The van der Waals surface area contributed by atoms with Crippen molar-refractivity contribution in [2.75, 3.05) is 9.80 Å². The molecule has 0 aliphatic carbocycles. The average Bonchev–Trinajstić information content (AvgIpc) is 3.69. The maximum atomic E-state index is 4.52. The molecule has 45 heavy (non-hydrogen) atoms. The zero-order valence-electron chi connectivity index (χ0n) is 27.8. The van der Waals surface area contributed by atoms with Crippen LogP contribution in [0, 0.1) is 6.67 Å². The molecule has 237 valence electrons. The van der Waals surface area contributed by atoms with Crippen LogP contribution in [0.15, 0.2) is 104 Å². The van der Waals surface area contributed by atoms with Crippen molar-refractivity contribution in [3.8, 4) is 11.4 Å². The first-order valence-electron chi connectivity index (χ1n) is 15.9. The molecule has 1 radical (unpaired) electrons. The van der Waals surface area contributed by atoms with Gasteiger partial charge in [0.25, 0.3) is 0 Å². The second-order valence-corrected chi connectivity index (χ2v) is 12.8. The topological polar surface area (TPSA) is 33.5 Å². The van der Waals surface area contributed by atoms with E-state index in [4.69, 9.17) is 0 Å². The minimum Gasteiger partial charge on any atom is -0.656 e. The van der Waals surface area contributed by atoms with E-state index >= 15 is 0 Å². The van der Waals surface area contributed by atoms with Gasteiger partial charge in [-0.2, -0.15) is 0 Å². The molecule has 1 aliphatic rings. The summed E-state index contributed by atoms with van der Waals surface area (Å²) in [4.78, 5) is 13.5. The van der Waals surface area contributed by atoms with Gasteiger partial charge in [0.15, 0.2) is 0 Å². The van der Waals surface area contributed by atoms with Crippen LogP contribution in [0.5, 0.6) is 0 Å². The van der Waals surface area contributed by atoms with Crippen LogP contribution in [0.2, 0.25) is 0 Å². The molecule has 3 aromatic carbocycles. The minimum absolute atomic E-state index is 0. The molecule has 0 unspecified atom stereocenters. The van der Waals surface area contributed by atoms with Crippen LogP contribution in [-0.2, 0) is 17.1 Å². The van der Waals surface area contributed by atoms with Crippen LogP contribution < -0.4 is 14.8 Å². The van der Waals surface area contributed by atoms with E-state index < -0.39 is 0 Å². The smallest absolute Gasteiger partial charge is 0.656 e. The Hall–Kier alpha value is -3.79. The van der Waals surface area contributed by atoms with Crippen LogP contribution in [0.25, 0.3) is 22.3 Å². The van der Waals surface area contributed by atoms with Gasteiger partial charge in [-0.1, -0.05) is 128 Å². The summed E-state index contributed by atoms with van der Waals surface area (Å²) >= 11 is 0. The largest absolute Gasteiger partial charge is 2.00 e. The molecule has 2 aromatic heterocycles. The summed E-state index contributed by atoms with van der Waals surface area (Å²) in [7, 11) is 0. The number of hydrogen-bond acceptors (Lipinski definition) is 3. The number of para-hydroxylation sites is 3. The van der Waals surface area contributed by atoms with Gasteiger partial charge in [0.05, 0.1) is 0 Å². The maximum absolute atomic E-state index is 4.52. The van der Waals surface area contributed by atoms with E-state index in [0.717, 1.165) is 22.3 Å². The normalized spacial score (nSPS) is 12.8. The minimum atomic E-state index is 0. The van der Waals surface area contributed by atoms with Gasteiger partial charge in [0.1, 0.15) is 0 Å². The molecular formula is C40H46CuN4. The second kappa shape index (κ2) is 15.0. The Morgan fingerprint density at radius 2 is 1.04 bits per heavy atom. The Morgan fingerprint density at radius 3 is 1.47 bits per heavy atom.